The number of ether oxygens (including phenoxy) is 1. The number of benzene rings is 2. The van der Waals surface area contributed by atoms with Gasteiger partial charge in [-0.2, -0.15) is 0 Å². The summed E-state index contributed by atoms with van der Waals surface area (Å²) < 4.78 is 5.37. The molecule has 168 valence electrons. The van der Waals surface area contributed by atoms with E-state index >= 15 is 0 Å². The summed E-state index contributed by atoms with van der Waals surface area (Å²) in [6.07, 6.45) is 2.25. The predicted octanol–water partition coefficient (Wildman–Crippen LogP) is 3.83. The van der Waals surface area contributed by atoms with Crippen molar-refractivity contribution in [1.82, 2.24) is 14.9 Å². The summed E-state index contributed by atoms with van der Waals surface area (Å²) in [6, 6.07) is 13.9. The molecular weight excluding hydrogens is 408 g/mol. The molecule has 0 spiro atoms. The molecule has 1 aliphatic rings. The fourth-order valence-corrected chi connectivity index (χ4v) is 4.08. The first-order valence-electron chi connectivity index (χ1n) is 11.0. The summed E-state index contributed by atoms with van der Waals surface area (Å²) in [5, 5.41) is 17.3. The third kappa shape index (κ3) is 4.79. The number of nitro groups is 1. The molecule has 0 radical (unpaired) electrons. The van der Waals surface area contributed by atoms with Gasteiger partial charge in [-0.15, -0.1) is 0 Å². The summed E-state index contributed by atoms with van der Waals surface area (Å²) in [5.74, 6) is 0.542. The lowest BCUT2D eigenvalue weighted by atomic mass is 10.1. The summed E-state index contributed by atoms with van der Waals surface area (Å²) in [5.41, 5.74) is 0.777. The summed E-state index contributed by atoms with van der Waals surface area (Å²) in [7, 11) is 0. The van der Waals surface area contributed by atoms with Gasteiger partial charge in [0.2, 0.25) is 11.6 Å². The van der Waals surface area contributed by atoms with Gasteiger partial charge in [0.05, 0.1) is 23.8 Å². The zero-order valence-electron chi connectivity index (χ0n) is 18.2. The molecular formula is C23H28N6O3. The van der Waals surface area contributed by atoms with Gasteiger partial charge >= 0.3 is 5.69 Å². The number of morpholine rings is 1. The van der Waals surface area contributed by atoms with Crippen LogP contribution in [0.3, 0.4) is 0 Å². The van der Waals surface area contributed by atoms with Crippen LogP contribution in [0.4, 0.5) is 23.0 Å². The van der Waals surface area contributed by atoms with Crippen LogP contribution in [0, 0.1) is 10.1 Å². The van der Waals surface area contributed by atoms with Gasteiger partial charge in [-0.05, 0) is 31.3 Å². The highest BCUT2D eigenvalue weighted by atomic mass is 16.6. The van der Waals surface area contributed by atoms with Crippen molar-refractivity contribution in [2.75, 3.05) is 56.2 Å². The maximum atomic E-state index is 12.1. The fourth-order valence-electron chi connectivity index (χ4n) is 4.08. The number of hydrogen-bond acceptors (Lipinski definition) is 8. The van der Waals surface area contributed by atoms with Crippen LogP contribution in [-0.4, -0.2) is 65.7 Å². The molecule has 0 amide bonds. The molecule has 1 aromatic heterocycles. The minimum Gasteiger partial charge on any atom is -0.379 e. The van der Waals surface area contributed by atoms with E-state index in [-0.39, 0.29) is 11.5 Å². The Labute approximate surface area is 187 Å². The molecule has 4 rings (SSSR count). The highest BCUT2D eigenvalue weighted by molar-refractivity contribution is 5.96. The zero-order valence-corrected chi connectivity index (χ0v) is 18.2. The van der Waals surface area contributed by atoms with E-state index in [9.17, 15) is 10.1 Å². The van der Waals surface area contributed by atoms with Gasteiger partial charge in [0.1, 0.15) is 6.33 Å². The van der Waals surface area contributed by atoms with Crippen molar-refractivity contribution in [3.05, 3.63) is 58.9 Å². The normalized spacial score (nSPS) is 14.4. The molecule has 0 aliphatic carbocycles. The van der Waals surface area contributed by atoms with Crippen molar-refractivity contribution >= 4 is 33.8 Å². The molecule has 1 fully saturated rings. The first-order chi connectivity index (χ1) is 15.7. The Morgan fingerprint density at radius 3 is 2.72 bits per heavy atom. The average Bonchev–Trinajstić information content (AvgIpc) is 2.83. The van der Waals surface area contributed by atoms with Crippen LogP contribution in [0.2, 0.25) is 0 Å². The fraction of sp³-hybridized carbons (Fsp3) is 0.391. The van der Waals surface area contributed by atoms with Crippen LogP contribution in [0.25, 0.3) is 10.8 Å². The van der Waals surface area contributed by atoms with Crippen LogP contribution in [-0.2, 0) is 4.74 Å². The maximum absolute atomic E-state index is 12.1. The van der Waals surface area contributed by atoms with E-state index in [0.717, 1.165) is 55.7 Å². The smallest absolute Gasteiger partial charge is 0.353 e. The molecule has 0 unspecified atom stereocenters. The second-order valence-corrected chi connectivity index (χ2v) is 7.63. The van der Waals surface area contributed by atoms with Crippen molar-refractivity contribution < 1.29 is 9.66 Å². The van der Waals surface area contributed by atoms with E-state index in [1.807, 2.05) is 54.3 Å². The van der Waals surface area contributed by atoms with E-state index in [4.69, 9.17) is 4.74 Å². The molecule has 2 aromatic carbocycles. The molecule has 0 bridgehead atoms. The highest BCUT2D eigenvalue weighted by Gasteiger charge is 2.28. The Bertz CT molecular complexity index is 1070. The monoisotopic (exact) mass is 436 g/mol. The topological polar surface area (TPSA) is 96.7 Å². The molecule has 3 aromatic rings. The number of hydrogen-bond donors (Lipinski definition) is 1. The first kappa shape index (κ1) is 21.9. The van der Waals surface area contributed by atoms with E-state index in [0.29, 0.717) is 18.9 Å². The van der Waals surface area contributed by atoms with E-state index in [1.54, 1.807) is 0 Å². The molecule has 1 aliphatic heterocycles. The predicted molar refractivity (Wildman–Crippen MR) is 126 cm³/mol. The number of fused-ring (bicyclic) bond motifs is 1. The van der Waals surface area contributed by atoms with Gasteiger partial charge in [0.15, 0.2) is 0 Å². The Kier molecular flexibility index (Phi) is 7.08. The number of aromatic nitrogens is 2. The molecule has 1 saturated heterocycles. The van der Waals surface area contributed by atoms with Crippen molar-refractivity contribution in [2.45, 2.75) is 13.3 Å². The summed E-state index contributed by atoms with van der Waals surface area (Å²) in [4.78, 5) is 24.4. The van der Waals surface area contributed by atoms with Gasteiger partial charge < -0.3 is 15.0 Å². The van der Waals surface area contributed by atoms with Gasteiger partial charge in [0, 0.05) is 31.6 Å². The molecule has 0 atom stereocenters. The Morgan fingerprint density at radius 2 is 1.94 bits per heavy atom. The van der Waals surface area contributed by atoms with Crippen molar-refractivity contribution in [3.8, 4) is 0 Å². The quantitative estimate of drug-likeness (QED) is 0.307. The zero-order chi connectivity index (χ0) is 22.3. The van der Waals surface area contributed by atoms with Crippen LogP contribution in [0.15, 0.2) is 48.8 Å². The Balaban J connectivity index is 1.58. The lowest BCUT2D eigenvalue weighted by Gasteiger charge is -2.26. The number of nitrogens with zero attached hydrogens (tertiary/aromatic N) is 5. The van der Waals surface area contributed by atoms with Gasteiger partial charge in [-0.25, -0.2) is 9.97 Å². The standard InChI is InChI=1S/C23H28N6O3/c1-2-28(20-10-5-8-18-7-3-4-9-19(18)20)23-21(29(30)31)22(25-17-26-23)24-11-6-12-27-13-15-32-16-14-27/h3-5,7-10,17H,2,6,11-16H2,1H3,(H,24,25,26). The second-order valence-electron chi connectivity index (χ2n) is 7.63. The van der Waals surface area contributed by atoms with Crippen molar-refractivity contribution in [3.63, 3.8) is 0 Å². The summed E-state index contributed by atoms with van der Waals surface area (Å²) >= 11 is 0. The Morgan fingerprint density at radius 1 is 1.16 bits per heavy atom. The Hall–Kier alpha value is -3.30. The van der Waals surface area contributed by atoms with E-state index < -0.39 is 4.92 Å². The molecule has 2 heterocycles. The summed E-state index contributed by atoms with van der Waals surface area (Å²) in [6.45, 7) is 7.37. The second kappa shape index (κ2) is 10.3. The first-order valence-corrected chi connectivity index (χ1v) is 11.0. The minimum atomic E-state index is -0.395. The average molecular weight is 437 g/mol. The van der Waals surface area contributed by atoms with Crippen molar-refractivity contribution in [2.24, 2.45) is 0 Å². The molecule has 0 saturated carbocycles. The van der Waals surface area contributed by atoms with Gasteiger partial charge in [-0.3, -0.25) is 15.0 Å². The molecule has 1 N–H and O–H groups in total. The molecule has 32 heavy (non-hydrogen) atoms. The maximum Gasteiger partial charge on any atom is 0.353 e. The third-order valence-corrected chi connectivity index (χ3v) is 5.66. The van der Waals surface area contributed by atoms with Gasteiger partial charge in [-0.1, -0.05) is 36.4 Å². The van der Waals surface area contributed by atoms with Crippen LogP contribution < -0.4 is 10.2 Å². The van der Waals surface area contributed by atoms with Crippen LogP contribution in [0.5, 0.6) is 0 Å². The molecule has 9 heteroatoms. The van der Waals surface area contributed by atoms with Crippen LogP contribution >= 0.6 is 0 Å². The third-order valence-electron chi connectivity index (χ3n) is 5.66. The highest BCUT2D eigenvalue weighted by Crippen LogP contribution is 2.38. The minimum absolute atomic E-state index is 0.103. The SMILES string of the molecule is CCN(c1ncnc(NCCCN2CCOCC2)c1[N+](=O)[O-])c1cccc2ccccc12. The number of anilines is 3. The van der Waals surface area contributed by atoms with E-state index in [1.165, 1.54) is 6.33 Å². The van der Waals surface area contributed by atoms with Crippen molar-refractivity contribution in [1.29, 1.82) is 0 Å². The number of nitrogens with one attached hydrogen (secondary N) is 1. The van der Waals surface area contributed by atoms with E-state index in [2.05, 4.69) is 20.2 Å². The van der Waals surface area contributed by atoms with Gasteiger partial charge in [0.25, 0.3) is 0 Å². The lowest BCUT2D eigenvalue weighted by Crippen LogP contribution is -2.37. The lowest BCUT2D eigenvalue weighted by molar-refractivity contribution is -0.383. The number of rotatable bonds is 9. The van der Waals surface area contributed by atoms with Crippen LogP contribution in [0.1, 0.15) is 13.3 Å². The largest absolute Gasteiger partial charge is 0.379 e. The molecule has 9 nitrogen and oxygen atoms in total.